The minimum Gasteiger partial charge on any atom is -0.468 e. The number of alkyl halides is 2. The fraction of sp³-hybridized carbons (Fsp3) is 0.333. The number of ether oxygens (including phenoxy) is 1. The molecule has 0 aliphatic heterocycles. The molecule has 0 unspecified atom stereocenters. The van der Waals surface area contributed by atoms with Gasteiger partial charge < -0.3 is 9.15 Å². The third kappa shape index (κ3) is 1.26. The zero-order valence-corrected chi connectivity index (χ0v) is 5.30. The number of rotatable bonds is 2. The highest BCUT2D eigenvalue weighted by molar-refractivity contribution is 5.12. The van der Waals surface area contributed by atoms with Crippen molar-refractivity contribution in [2.24, 2.45) is 0 Å². The van der Waals surface area contributed by atoms with Crippen LogP contribution in [0.15, 0.2) is 16.5 Å². The van der Waals surface area contributed by atoms with Crippen LogP contribution in [0.4, 0.5) is 8.78 Å². The maximum absolute atomic E-state index is 11.8. The SMILES string of the molecule is COc1ccc(C(F)F)o1. The smallest absolute Gasteiger partial charge is 0.295 e. The second kappa shape index (κ2) is 2.68. The van der Waals surface area contributed by atoms with Crippen molar-refractivity contribution in [2.45, 2.75) is 6.43 Å². The molecule has 1 rings (SSSR count). The van der Waals surface area contributed by atoms with Crippen LogP contribution in [0.25, 0.3) is 0 Å². The molecule has 0 aromatic carbocycles. The lowest BCUT2D eigenvalue weighted by molar-refractivity contribution is 0.115. The number of hydrogen-bond acceptors (Lipinski definition) is 2. The molecular weight excluding hydrogens is 142 g/mol. The molecule has 0 bridgehead atoms. The Morgan fingerprint density at radius 2 is 2.20 bits per heavy atom. The van der Waals surface area contributed by atoms with Gasteiger partial charge in [-0.1, -0.05) is 0 Å². The lowest BCUT2D eigenvalue weighted by Gasteiger charge is -1.91. The maximum Gasteiger partial charge on any atom is 0.295 e. The summed E-state index contributed by atoms with van der Waals surface area (Å²) in [4.78, 5) is 0. The van der Waals surface area contributed by atoms with Crippen molar-refractivity contribution in [3.63, 3.8) is 0 Å². The number of halogens is 2. The summed E-state index contributed by atoms with van der Waals surface area (Å²) in [6.07, 6.45) is -2.57. The highest BCUT2D eigenvalue weighted by atomic mass is 19.3. The normalized spacial score (nSPS) is 10.4. The molecule has 0 aliphatic carbocycles. The largest absolute Gasteiger partial charge is 0.468 e. The van der Waals surface area contributed by atoms with Crippen LogP contribution in [0.5, 0.6) is 5.95 Å². The van der Waals surface area contributed by atoms with Crippen molar-refractivity contribution in [3.05, 3.63) is 17.9 Å². The van der Waals surface area contributed by atoms with Gasteiger partial charge >= 0.3 is 0 Å². The molecule has 0 radical (unpaired) electrons. The highest BCUT2D eigenvalue weighted by Gasteiger charge is 2.11. The van der Waals surface area contributed by atoms with Crippen molar-refractivity contribution >= 4 is 0 Å². The Labute approximate surface area is 56.4 Å². The monoisotopic (exact) mass is 148 g/mol. The first-order valence-corrected chi connectivity index (χ1v) is 2.66. The Hall–Kier alpha value is -1.06. The Balaban J connectivity index is 2.78. The molecule has 10 heavy (non-hydrogen) atoms. The van der Waals surface area contributed by atoms with Crippen LogP contribution >= 0.6 is 0 Å². The van der Waals surface area contributed by atoms with Gasteiger partial charge in [-0.15, -0.1) is 0 Å². The molecule has 0 saturated carbocycles. The van der Waals surface area contributed by atoms with E-state index in [4.69, 9.17) is 0 Å². The standard InChI is InChI=1S/C6H6F2O2/c1-9-5-3-2-4(10-5)6(7)8/h2-3,6H,1H3. The van der Waals surface area contributed by atoms with E-state index < -0.39 is 6.43 Å². The fourth-order valence-electron chi connectivity index (χ4n) is 0.561. The van der Waals surface area contributed by atoms with Crippen LogP contribution in [0.2, 0.25) is 0 Å². The van der Waals surface area contributed by atoms with Gasteiger partial charge in [-0.2, -0.15) is 0 Å². The van der Waals surface area contributed by atoms with Crippen molar-refractivity contribution in [1.82, 2.24) is 0 Å². The predicted molar refractivity (Wildman–Crippen MR) is 30.2 cm³/mol. The topological polar surface area (TPSA) is 22.4 Å². The molecule has 0 N–H and O–H groups in total. The summed E-state index contributed by atoms with van der Waals surface area (Å²) >= 11 is 0. The Bertz CT molecular complexity index is 207. The molecule has 1 aromatic rings. The Kier molecular flexibility index (Phi) is 1.89. The van der Waals surface area contributed by atoms with Crippen molar-refractivity contribution in [3.8, 4) is 5.95 Å². The van der Waals surface area contributed by atoms with E-state index in [1.165, 1.54) is 19.2 Å². The lowest BCUT2D eigenvalue weighted by atomic mass is 10.5. The first-order valence-electron chi connectivity index (χ1n) is 2.66. The molecule has 4 heteroatoms. The van der Waals surface area contributed by atoms with E-state index in [1.807, 2.05) is 0 Å². The molecule has 2 nitrogen and oxygen atoms in total. The molecule has 0 fully saturated rings. The molecule has 56 valence electrons. The van der Waals surface area contributed by atoms with Gasteiger partial charge in [0, 0.05) is 6.07 Å². The highest BCUT2D eigenvalue weighted by Crippen LogP contribution is 2.24. The average Bonchev–Trinajstić information content (AvgIpc) is 2.34. The summed E-state index contributed by atoms with van der Waals surface area (Å²) in [5.41, 5.74) is 0. The molecule has 1 aromatic heterocycles. The second-order valence-electron chi connectivity index (χ2n) is 1.66. The van der Waals surface area contributed by atoms with E-state index in [1.54, 1.807) is 0 Å². The quantitative estimate of drug-likeness (QED) is 0.641. The molecule has 0 amide bonds. The number of hydrogen-bond donors (Lipinski definition) is 0. The van der Waals surface area contributed by atoms with Crippen LogP contribution in [-0.2, 0) is 0 Å². The number of methoxy groups -OCH3 is 1. The summed E-state index contributed by atoms with van der Waals surface area (Å²) in [6.45, 7) is 0. The zero-order valence-electron chi connectivity index (χ0n) is 5.30. The van der Waals surface area contributed by atoms with Gasteiger partial charge in [-0.25, -0.2) is 8.78 Å². The van der Waals surface area contributed by atoms with Crippen LogP contribution < -0.4 is 4.74 Å². The van der Waals surface area contributed by atoms with Gasteiger partial charge in [0.25, 0.3) is 12.4 Å². The Morgan fingerprint density at radius 3 is 2.50 bits per heavy atom. The molecular formula is C6H6F2O2. The minimum absolute atomic E-state index is 0.107. The summed E-state index contributed by atoms with van der Waals surface area (Å²) in [5, 5.41) is 0. The fourth-order valence-corrected chi connectivity index (χ4v) is 0.561. The van der Waals surface area contributed by atoms with Crippen molar-refractivity contribution in [2.75, 3.05) is 7.11 Å². The van der Waals surface area contributed by atoms with Crippen LogP contribution in [0, 0.1) is 0 Å². The van der Waals surface area contributed by atoms with Crippen LogP contribution in [-0.4, -0.2) is 7.11 Å². The van der Waals surface area contributed by atoms with Crippen molar-refractivity contribution < 1.29 is 17.9 Å². The van der Waals surface area contributed by atoms with Gasteiger partial charge in [-0.3, -0.25) is 0 Å². The van der Waals surface area contributed by atoms with E-state index in [0.717, 1.165) is 0 Å². The van der Waals surface area contributed by atoms with Gasteiger partial charge in [0.1, 0.15) is 0 Å². The first kappa shape index (κ1) is 7.05. The van der Waals surface area contributed by atoms with Crippen LogP contribution in [0.3, 0.4) is 0 Å². The third-order valence-corrected chi connectivity index (χ3v) is 1.02. The predicted octanol–water partition coefficient (Wildman–Crippen LogP) is 2.23. The minimum atomic E-state index is -2.57. The van der Waals surface area contributed by atoms with E-state index in [-0.39, 0.29) is 11.7 Å². The molecule has 0 spiro atoms. The summed E-state index contributed by atoms with van der Waals surface area (Å²) in [6, 6.07) is 2.53. The van der Waals surface area contributed by atoms with Gasteiger partial charge in [0.15, 0.2) is 5.76 Å². The van der Waals surface area contributed by atoms with E-state index in [0.29, 0.717) is 0 Å². The van der Waals surface area contributed by atoms with Gasteiger partial charge in [0.05, 0.1) is 7.11 Å². The van der Waals surface area contributed by atoms with Gasteiger partial charge in [-0.05, 0) is 6.07 Å². The van der Waals surface area contributed by atoms with E-state index in [2.05, 4.69) is 9.15 Å². The first-order chi connectivity index (χ1) is 4.74. The van der Waals surface area contributed by atoms with Gasteiger partial charge in [0.2, 0.25) is 0 Å². The van der Waals surface area contributed by atoms with Crippen LogP contribution in [0.1, 0.15) is 12.2 Å². The summed E-state index contributed by atoms with van der Waals surface area (Å²) < 4.78 is 32.6. The van der Waals surface area contributed by atoms with E-state index >= 15 is 0 Å². The third-order valence-electron chi connectivity index (χ3n) is 1.02. The Morgan fingerprint density at radius 1 is 1.50 bits per heavy atom. The number of furan rings is 1. The second-order valence-corrected chi connectivity index (χ2v) is 1.66. The maximum atomic E-state index is 11.8. The van der Waals surface area contributed by atoms with Crippen molar-refractivity contribution in [1.29, 1.82) is 0 Å². The molecule has 0 atom stereocenters. The summed E-state index contributed by atoms with van der Waals surface area (Å²) in [7, 11) is 1.36. The molecule has 0 saturated heterocycles. The summed E-state index contributed by atoms with van der Waals surface area (Å²) in [5.74, 6) is -0.257. The lowest BCUT2D eigenvalue weighted by Crippen LogP contribution is -1.78. The zero-order chi connectivity index (χ0) is 7.56. The molecule has 1 heterocycles. The average molecular weight is 148 g/mol. The van der Waals surface area contributed by atoms with E-state index in [9.17, 15) is 8.78 Å². The molecule has 0 aliphatic rings.